The number of likely N-dealkylation sites (N-methyl/N-ethyl adjacent to an activating group) is 1. The number of anilines is 1. The summed E-state index contributed by atoms with van der Waals surface area (Å²) in [4.78, 5) is 27.9. The Hall–Kier alpha value is -2.30. The summed E-state index contributed by atoms with van der Waals surface area (Å²) in [5.74, 6) is -0.309. The molecule has 0 unspecified atom stereocenters. The summed E-state index contributed by atoms with van der Waals surface area (Å²) in [6.45, 7) is 10.6. The normalized spacial score (nSPS) is 17.4. The second-order valence-corrected chi connectivity index (χ2v) is 6.51. The molecule has 2 amide bonds. The van der Waals surface area contributed by atoms with Crippen molar-refractivity contribution >= 4 is 17.5 Å². The molecule has 1 atom stereocenters. The maximum atomic E-state index is 12.6. The van der Waals surface area contributed by atoms with Crippen molar-refractivity contribution in [3.05, 3.63) is 42.0 Å². The van der Waals surface area contributed by atoms with Crippen LogP contribution in [0.1, 0.15) is 37.0 Å². The zero-order chi connectivity index (χ0) is 17.7. The molecular formula is C19H27N3O2. The summed E-state index contributed by atoms with van der Waals surface area (Å²) in [7, 11) is 0. The van der Waals surface area contributed by atoms with Crippen LogP contribution in [-0.4, -0.2) is 42.9 Å². The van der Waals surface area contributed by atoms with Gasteiger partial charge in [-0.3, -0.25) is 9.59 Å². The predicted octanol–water partition coefficient (Wildman–Crippen LogP) is 2.43. The summed E-state index contributed by atoms with van der Waals surface area (Å²) in [5.41, 5.74) is 8.10. The second kappa shape index (κ2) is 7.99. The first kappa shape index (κ1) is 18.0. The van der Waals surface area contributed by atoms with E-state index in [1.165, 1.54) is 0 Å². The number of nitrogens with two attached hydrogens (primary N) is 1. The predicted molar refractivity (Wildman–Crippen MR) is 97.0 cm³/mol. The van der Waals surface area contributed by atoms with Crippen molar-refractivity contribution in [1.29, 1.82) is 0 Å². The van der Waals surface area contributed by atoms with Crippen LogP contribution in [0.2, 0.25) is 0 Å². The number of benzene rings is 1. The van der Waals surface area contributed by atoms with E-state index >= 15 is 0 Å². The Balaban J connectivity index is 2.08. The molecule has 2 rings (SSSR count). The second-order valence-electron chi connectivity index (χ2n) is 6.51. The monoisotopic (exact) mass is 329 g/mol. The number of carbonyl (C=O) groups excluding carboxylic acids is 2. The summed E-state index contributed by atoms with van der Waals surface area (Å²) < 4.78 is 0. The molecule has 0 aliphatic carbocycles. The van der Waals surface area contributed by atoms with Crippen molar-refractivity contribution in [2.24, 2.45) is 11.7 Å². The highest BCUT2D eigenvalue weighted by molar-refractivity contribution is 5.94. The van der Waals surface area contributed by atoms with E-state index in [4.69, 9.17) is 5.73 Å². The Morgan fingerprint density at radius 3 is 2.54 bits per heavy atom. The van der Waals surface area contributed by atoms with Crippen molar-refractivity contribution in [1.82, 2.24) is 4.90 Å². The Morgan fingerprint density at radius 2 is 2.00 bits per heavy atom. The maximum Gasteiger partial charge on any atom is 0.254 e. The fourth-order valence-electron chi connectivity index (χ4n) is 3.09. The highest BCUT2D eigenvalue weighted by Gasteiger charge is 2.24. The molecule has 24 heavy (non-hydrogen) atoms. The van der Waals surface area contributed by atoms with Crippen LogP contribution in [-0.2, 0) is 4.79 Å². The number of hydrogen-bond acceptors (Lipinski definition) is 3. The Morgan fingerprint density at radius 1 is 1.33 bits per heavy atom. The van der Waals surface area contributed by atoms with Gasteiger partial charge in [0.15, 0.2) is 0 Å². The molecule has 5 heteroatoms. The van der Waals surface area contributed by atoms with Crippen LogP contribution in [0, 0.1) is 5.92 Å². The third-order valence-corrected chi connectivity index (χ3v) is 4.43. The largest absolute Gasteiger partial charge is 0.371 e. The fraction of sp³-hybridized carbons (Fsp3) is 0.474. The van der Waals surface area contributed by atoms with Crippen LogP contribution in [0.25, 0.3) is 0 Å². The van der Waals surface area contributed by atoms with E-state index in [9.17, 15) is 9.59 Å². The molecule has 1 aliphatic rings. The quantitative estimate of drug-likeness (QED) is 0.815. The molecule has 2 N–H and O–H groups in total. The highest BCUT2D eigenvalue weighted by atomic mass is 16.2. The smallest absolute Gasteiger partial charge is 0.254 e. The first-order chi connectivity index (χ1) is 11.4. The minimum absolute atomic E-state index is 0.0145. The van der Waals surface area contributed by atoms with E-state index in [1.807, 2.05) is 38.1 Å². The van der Waals surface area contributed by atoms with Gasteiger partial charge in [-0.25, -0.2) is 0 Å². The van der Waals surface area contributed by atoms with E-state index in [-0.39, 0.29) is 17.7 Å². The standard InChI is InChI=1S/C19H27N3O2/c1-4-21(12-14(2)3)19(24)15-7-9-17(10-8-15)22-11-5-6-16(13-22)18(20)23/h7-10,16H,2,4-6,11-13H2,1,3H3,(H2,20,23)/t16-/m0/s1. The van der Waals surface area contributed by atoms with E-state index in [1.54, 1.807) is 4.90 Å². The van der Waals surface area contributed by atoms with Gasteiger partial charge in [-0.05, 0) is 51.0 Å². The summed E-state index contributed by atoms with van der Waals surface area (Å²) in [5, 5.41) is 0. The number of amides is 2. The van der Waals surface area contributed by atoms with Crippen molar-refractivity contribution in [2.75, 3.05) is 31.1 Å². The average Bonchev–Trinajstić information content (AvgIpc) is 2.59. The van der Waals surface area contributed by atoms with Crippen LogP contribution in [0.15, 0.2) is 36.4 Å². The number of hydrogen-bond donors (Lipinski definition) is 1. The molecule has 0 spiro atoms. The maximum absolute atomic E-state index is 12.6. The molecule has 0 radical (unpaired) electrons. The molecule has 5 nitrogen and oxygen atoms in total. The minimum Gasteiger partial charge on any atom is -0.371 e. The van der Waals surface area contributed by atoms with Crippen molar-refractivity contribution in [2.45, 2.75) is 26.7 Å². The lowest BCUT2D eigenvalue weighted by atomic mass is 9.97. The molecule has 1 aromatic rings. The molecule has 130 valence electrons. The summed E-state index contributed by atoms with van der Waals surface area (Å²) >= 11 is 0. The van der Waals surface area contributed by atoms with E-state index < -0.39 is 0 Å². The summed E-state index contributed by atoms with van der Waals surface area (Å²) in [6.07, 6.45) is 1.81. The Labute approximate surface area is 144 Å². The van der Waals surface area contributed by atoms with Crippen molar-refractivity contribution in [3.8, 4) is 0 Å². The lowest BCUT2D eigenvalue weighted by Crippen LogP contribution is -2.41. The van der Waals surface area contributed by atoms with Gasteiger partial charge in [0.25, 0.3) is 5.91 Å². The molecule has 0 saturated carbocycles. The van der Waals surface area contributed by atoms with Crippen LogP contribution >= 0.6 is 0 Å². The van der Waals surface area contributed by atoms with Gasteiger partial charge in [0.2, 0.25) is 5.91 Å². The van der Waals surface area contributed by atoms with Gasteiger partial charge in [0.1, 0.15) is 0 Å². The third-order valence-electron chi connectivity index (χ3n) is 4.43. The van der Waals surface area contributed by atoms with Crippen LogP contribution < -0.4 is 10.6 Å². The number of rotatable bonds is 6. The molecule has 1 fully saturated rings. The molecule has 0 aromatic heterocycles. The van der Waals surface area contributed by atoms with Crippen LogP contribution in [0.5, 0.6) is 0 Å². The van der Waals surface area contributed by atoms with Gasteiger partial charge in [0, 0.05) is 37.4 Å². The number of carbonyl (C=O) groups is 2. The molecule has 0 bridgehead atoms. The first-order valence-electron chi connectivity index (χ1n) is 8.50. The third kappa shape index (κ3) is 4.37. The van der Waals surface area contributed by atoms with Crippen molar-refractivity contribution in [3.63, 3.8) is 0 Å². The highest BCUT2D eigenvalue weighted by Crippen LogP contribution is 2.23. The molecule has 1 heterocycles. The van der Waals surface area contributed by atoms with E-state index in [0.717, 1.165) is 30.6 Å². The molecule has 1 aromatic carbocycles. The van der Waals surface area contributed by atoms with Crippen molar-refractivity contribution < 1.29 is 9.59 Å². The number of nitrogens with zero attached hydrogens (tertiary/aromatic N) is 2. The van der Waals surface area contributed by atoms with Gasteiger partial charge >= 0.3 is 0 Å². The van der Waals surface area contributed by atoms with Gasteiger partial charge in [-0.15, -0.1) is 0 Å². The molecule has 1 aliphatic heterocycles. The van der Waals surface area contributed by atoms with Gasteiger partial charge in [0.05, 0.1) is 5.92 Å². The summed E-state index contributed by atoms with van der Waals surface area (Å²) in [6, 6.07) is 7.61. The average molecular weight is 329 g/mol. The zero-order valence-electron chi connectivity index (χ0n) is 14.6. The van der Waals surface area contributed by atoms with Gasteiger partial charge in [-0.2, -0.15) is 0 Å². The zero-order valence-corrected chi connectivity index (χ0v) is 14.6. The van der Waals surface area contributed by atoms with Crippen LogP contribution in [0.4, 0.5) is 5.69 Å². The minimum atomic E-state index is -0.232. The molecular weight excluding hydrogens is 302 g/mol. The molecule has 1 saturated heterocycles. The SMILES string of the molecule is C=C(C)CN(CC)C(=O)c1ccc(N2CCC[C@H](C(N)=O)C2)cc1. The van der Waals surface area contributed by atoms with E-state index in [0.29, 0.717) is 25.2 Å². The van der Waals surface area contributed by atoms with Gasteiger partial charge in [-0.1, -0.05) is 12.2 Å². The Kier molecular flexibility index (Phi) is 6.01. The van der Waals surface area contributed by atoms with Crippen LogP contribution in [0.3, 0.4) is 0 Å². The van der Waals surface area contributed by atoms with Gasteiger partial charge < -0.3 is 15.5 Å². The fourth-order valence-corrected chi connectivity index (χ4v) is 3.09. The van der Waals surface area contributed by atoms with E-state index in [2.05, 4.69) is 11.5 Å². The lowest BCUT2D eigenvalue weighted by Gasteiger charge is -2.33. The Bertz CT molecular complexity index is 610. The lowest BCUT2D eigenvalue weighted by molar-refractivity contribution is -0.122. The first-order valence-corrected chi connectivity index (χ1v) is 8.50. The number of primary amides is 1. The number of piperidine rings is 1. The topological polar surface area (TPSA) is 66.6 Å².